The molecule has 1 aromatic heterocycles. The number of piperidine rings is 1. The van der Waals surface area contributed by atoms with Gasteiger partial charge in [-0.05, 0) is 36.5 Å². The number of carbonyl (C=O) groups excluding carboxylic acids is 2. The third-order valence-electron chi connectivity index (χ3n) is 4.17. The summed E-state index contributed by atoms with van der Waals surface area (Å²) in [5, 5.41) is 0. The van der Waals surface area contributed by atoms with E-state index in [-0.39, 0.29) is 11.8 Å². The summed E-state index contributed by atoms with van der Waals surface area (Å²) in [6, 6.07) is 3.79. The van der Waals surface area contributed by atoms with Gasteiger partial charge in [0.15, 0.2) is 0 Å². The molecule has 2 amide bonds. The van der Waals surface area contributed by atoms with E-state index in [0.29, 0.717) is 25.4 Å². The van der Waals surface area contributed by atoms with Gasteiger partial charge in [-0.1, -0.05) is 6.92 Å². The lowest BCUT2D eigenvalue weighted by Crippen LogP contribution is -2.41. The number of amides is 2. The first-order valence-electron chi connectivity index (χ1n) is 7.98. The van der Waals surface area contributed by atoms with Crippen molar-refractivity contribution in [3.63, 3.8) is 0 Å². The molecular weight excluding hydrogens is 278 g/mol. The normalized spacial score (nSPS) is 18.1. The zero-order valence-corrected chi connectivity index (χ0v) is 13.5. The molecule has 120 valence electrons. The lowest BCUT2D eigenvalue weighted by molar-refractivity contribution is -0.135. The summed E-state index contributed by atoms with van der Waals surface area (Å²) in [6.45, 7) is 6.44. The van der Waals surface area contributed by atoms with Gasteiger partial charge < -0.3 is 9.80 Å². The maximum absolute atomic E-state index is 12.3. The Kier molecular flexibility index (Phi) is 5.92. The molecule has 1 aliphatic rings. The van der Waals surface area contributed by atoms with Crippen LogP contribution in [0.3, 0.4) is 0 Å². The lowest BCUT2D eigenvalue weighted by atomic mass is 10.00. The van der Waals surface area contributed by atoms with E-state index in [1.54, 1.807) is 24.2 Å². The monoisotopic (exact) mass is 303 g/mol. The van der Waals surface area contributed by atoms with Gasteiger partial charge in [0.2, 0.25) is 11.8 Å². The minimum absolute atomic E-state index is 0.00313. The van der Waals surface area contributed by atoms with Gasteiger partial charge in [-0.25, -0.2) is 0 Å². The molecule has 5 nitrogen and oxygen atoms in total. The van der Waals surface area contributed by atoms with Crippen LogP contribution in [0.5, 0.6) is 0 Å². The van der Waals surface area contributed by atoms with E-state index in [4.69, 9.17) is 0 Å². The van der Waals surface area contributed by atoms with Gasteiger partial charge in [0.05, 0.1) is 0 Å². The molecule has 0 aromatic carbocycles. The van der Waals surface area contributed by atoms with Crippen LogP contribution in [-0.2, 0) is 16.1 Å². The van der Waals surface area contributed by atoms with Crippen molar-refractivity contribution in [1.82, 2.24) is 14.8 Å². The van der Waals surface area contributed by atoms with Crippen LogP contribution in [0.4, 0.5) is 0 Å². The lowest BCUT2D eigenvalue weighted by Gasteiger charge is -2.31. The Morgan fingerprint density at radius 1 is 1.36 bits per heavy atom. The molecule has 2 rings (SSSR count). The first kappa shape index (κ1) is 16.5. The van der Waals surface area contributed by atoms with Gasteiger partial charge in [0.1, 0.15) is 0 Å². The van der Waals surface area contributed by atoms with Gasteiger partial charge in [-0.3, -0.25) is 14.6 Å². The number of carbonyl (C=O) groups is 2. The van der Waals surface area contributed by atoms with Crippen LogP contribution in [0, 0.1) is 5.92 Å². The number of hydrogen-bond donors (Lipinski definition) is 0. The van der Waals surface area contributed by atoms with Crippen molar-refractivity contribution in [1.29, 1.82) is 0 Å². The van der Waals surface area contributed by atoms with Crippen molar-refractivity contribution in [3.8, 4) is 0 Å². The highest BCUT2D eigenvalue weighted by atomic mass is 16.2. The van der Waals surface area contributed by atoms with Crippen molar-refractivity contribution in [2.24, 2.45) is 5.92 Å². The van der Waals surface area contributed by atoms with E-state index in [9.17, 15) is 9.59 Å². The van der Waals surface area contributed by atoms with E-state index in [0.717, 1.165) is 25.1 Å². The molecule has 0 saturated carbocycles. The Morgan fingerprint density at radius 2 is 2.09 bits per heavy atom. The molecule has 0 radical (unpaired) electrons. The molecule has 0 N–H and O–H groups in total. The summed E-state index contributed by atoms with van der Waals surface area (Å²) in [4.78, 5) is 31.7. The Balaban J connectivity index is 1.86. The van der Waals surface area contributed by atoms with Crippen LogP contribution < -0.4 is 0 Å². The van der Waals surface area contributed by atoms with Gasteiger partial charge in [-0.15, -0.1) is 0 Å². The first-order valence-corrected chi connectivity index (χ1v) is 7.98. The van der Waals surface area contributed by atoms with Crippen molar-refractivity contribution in [2.75, 3.05) is 19.6 Å². The molecule has 0 spiro atoms. The van der Waals surface area contributed by atoms with Gasteiger partial charge >= 0.3 is 0 Å². The average Bonchev–Trinajstić information content (AvgIpc) is 2.51. The summed E-state index contributed by atoms with van der Waals surface area (Å²) in [6.07, 6.45) is 6.12. The zero-order chi connectivity index (χ0) is 15.9. The van der Waals surface area contributed by atoms with Crippen molar-refractivity contribution >= 4 is 11.8 Å². The number of pyridine rings is 1. The van der Waals surface area contributed by atoms with E-state index in [2.05, 4.69) is 11.9 Å². The van der Waals surface area contributed by atoms with E-state index < -0.39 is 0 Å². The number of aromatic nitrogens is 1. The highest BCUT2D eigenvalue weighted by Gasteiger charge is 2.21. The van der Waals surface area contributed by atoms with Crippen LogP contribution in [-0.4, -0.2) is 46.2 Å². The molecule has 1 aromatic rings. The second-order valence-electron chi connectivity index (χ2n) is 6.13. The Bertz CT molecular complexity index is 504. The molecule has 1 aliphatic heterocycles. The quantitative estimate of drug-likeness (QED) is 0.837. The van der Waals surface area contributed by atoms with Crippen molar-refractivity contribution < 1.29 is 9.59 Å². The van der Waals surface area contributed by atoms with E-state index in [1.807, 2.05) is 17.0 Å². The fourth-order valence-corrected chi connectivity index (χ4v) is 2.86. The summed E-state index contributed by atoms with van der Waals surface area (Å²) in [5.74, 6) is 0.739. The second-order valence-corrected chi connectivity index (χ2v) is 6.13. The van der Waals surface area contributed by atoms with Crippen LogP contribution in [0.25, 0.3) is 0 Å². The van der Waals surface area contributed by atoms with Crippen LogP contribution >= 0.6 is 0 Å². The zero-order valence-electron chi connectivity index (χ0n) is 13.5. The number of hydrogen-bond acceptors (Lipinski definition) is 3. The topological polar surface area (TPSA) is 53.5 Å². The standard InChI is InChI=1S/C17H25N3O2/c1-14-4-3-10-20(12-14)17(22)7-11-19(15(2)21)13-16-5-8-18-9-6-16/h5-6,8-9,14H,3-4,7,10-13H2,1-2H3. The van der Waals surface area contributed by atoms with Gasteiger partial charge in [0.25, 0.3) is 0 Å². The van der Waals surface area contributed by atoms with Crippen LogP contribution in [0.1, 0.15) is 38.7 Å². The maximum atomic E-state index is 12.3. The molecule has 1 unspecified atom stereocenters. The number of nitrogens with zero attached hydrogens (tertiary/aromatic N) is 3. The predicted octanol–water partition coefficient (Wildman–Crippen LogP) is 2.08. The fourth-order valence-electron chi connectivity index (χ4n) is 2.86. The largest absolute Gasteiger partial charge is 0.342 e. The molecule has 0 bridgehead atoms. The second kappa shape index (κ2) is 7.92. The Morgan fingerprint density at radius 3 is 2.73 bits per heavy atom. The summed E-state index contributed by atoms with van der Waals surface area (Å²) >= 11 is 0. The first-order chi connectivity index (χ1) is 10.6. The summed E-state index contributed by atoms with van der Waals surface area (Å²) in [7, 11) is 0. The van der Waals surface area contributed by atoms with Gasteiger partial charge in [-0.2, -0.15) is 0 Å². The predicted molar refractivity (Wildman–Crippen MR) is 84.9 cm³/mol. The fraction of sp³-hybridized carbons (Fsp3) is 0.588. The highest BCUT2D eigenvalue weighted by Crippen LogP contribution is 2.16. The number of rotatable bonds is 5. The third kappa shape index (κ3) is 4.83. The van der Waals surface area contributed by atoms with E-state index >= 15 is 0 Å². The maximum Gasteiger partial charge on any atom is 0.224 e. The Labute approximate surface area is 132 Å². The minimum Gasteiger partial charge on any atom is -0.342 e. The highest BCUT2D eigenvalue weighted by molar-refractivity contribution is 5.78. The molecule has 1 fully saturated rings. The average molecular weight is 303 g/mol. The molecule has 1 atom stereocenters. The van der Waals surface area contributed by atoms with E-state index in [1.165, 1.54) is 6.42 Å². The minimum atomic E-state index is -0.00313. The molecule has 22 heavy (non-hydrogen) atoms. The SMILES string of the molecule is CC(=O)N(CCC(=O)N1CCCC(C)C1)Cc1ccncc1. The number of likely N-dealkylation sites (tertiary alicyclic amines) is 1. The van der Waals surface area contributed by atoms with Gasteiger partial charge in [0, 0.05) is 51.9 Å². The molecular formula is C17H25N3O2. The molecule has 2 heterocycles. The third-order valence-corrected chi connectivity index (χ3v) is 4.17. The smallest absolute Gasteiger partial charge is 0.224 e. The summed E-state index contributed by atoms with van der Waals surface area (Å²) < 4.78 is 0. The Hall–Kier alpha value is -1.91. The van der Waals surface area contributed by atoms with Crippen molar-refractivity contribution in [2.45, 2.75) is 39.7 Å². The molecule has 1 saturated heterocycles. The molecule has 0 aliphatic carbocycles. The van der Waals surface area contributed by atoms with Crippen LogP contribution in [0.15, 0.2) is 24.5 Å². The van der Waals surface area contributed by atoms with Crippen LogP contribution in [0.2, 0.25) is 0 Å². The van der Waals surface area contributed by atoms with Crippen molar-refractivity contribution in [3.05, 3.63) is 30.1 Å². The summed E-state index contributed by atoms with van der Waals surface area (Å²) in [5.41, 5.74) is 1.03. The molecule has 5 heteroatoms.